The molecule has 0 aromatic rings. The van der Waals surface area contributed by atoms with Gasteiger partial charge in [-0.15, -0.1) is 0 Å². The third kappa shape index (κ3) is 3.83. The summed E-state index contributed by atoms with van der Waals surface area (Å²) in [7, 11) is 0. The molecule has 0 bridgehead atoms. The smallest absolute Gasteiger partial charge is 0.239 e. The van der Waals surface area contributed by atoms with Crippen LogP contribution in [-0.4, -0.2) is 17.9 Å². The number of hydrogen-bond acceptors (Lipinski definition) is 3. The Hall–Kier alpha value is -1.19. The first-order chi connectivity index (χ1) is 6.26. The van der Waals surface area contributed by atoms with E-state index in [1.54, 1.807) is 6.92 Å². The molecule has 1 aliphatic carbocycles. The van der Waals surface area contributed by atoms with E-state index in [0.717, 1.165) is 0 Å². The van der Waals surface area contributed by atoms with Gasteiger partial charge in [-0.1, -0.05) is 6.92 Å². The van der Waals surface area contributed by atoms with Crippen LogP contribution in [0.4, 0.5) is 0 Å². The molecule has 4 heteroatoms. The van der Waals surface area contributed by atoms with Crippen molar-refractivity contribution in [2.45, 2.75) is 32.6 Å². The third-order valence-electron chi connectivity index (χ3n) is 1.98. The van der Waals surface area contributed by atoms with Gasteiger partial charge in [-0.25, -0.2) is 5.43 Å². The Morgan fingerprint density at radius 3 is 2.77 bits per heavy atom. The minimum absolute atomic E-state index is 0.157. The van der Waals surface area contributed by atoms with Gasteiger partial charge in [0.2, 0.25) is 5.91 Å². The highest BCUT2D eigenvalue weighted by atomic mass is 16.2. The van der Waals surface area contributed by atoms with Crippen molar-refractivity contribution in [3.8, 4) is 0 Å². The van der Waals surface area contributed by atoms with Crippen LogP contribution < -0.4 is 5.43 Å². The van der Waals surface area contributed by atoms with Crippen molar-refractivity contribution >= 4 is 17.9 Å². The van der Waals surface area contributed by atoms with Crippen molar-refractivity contribution in [3.05, 3.63) is 0 Å². The summed E-state index contributed by atoms with van der Waals surface area (Å²) in [4.78, 5) is 21.3. The van der Waals surface area contributed by atoms with Crippen LogP contribution in [0.2, 0.25) is 0 Å². The molecule has 0 aliphatic heterocycles. The topological polar surface area (TPSA) is 58.5 Å². The first-order valence-electron chi connectivity index (χ1n) is 4.56. The summed E-state index contributed by atoms with van der Waals surface area (Å²) in [6, 6.07) is 0. The number of carbonyl (C=O) groups excluding carboxylic acids is 2. The van der Waals surface area contributed by atoms with E-state index in [0.29, 0.717) is 30.8 Å². The molecule has 0 atom stereocenters. The highest BCUT2D eigenvalue weighted by Crippen LogP contribution is 2.32. The molecule has 72 valence electrons. The summed E-state index contributed by atoms with van der Waals surface area (Å²) >= 11 is 0. The molecule has 0 saturated heterocycles. The first-order valence-corrected chi connectivity index (χ1v) is 4.56. The molecular weight excluding hydrogens is 168 g/mol. The Kier molecular flexibility index (Phi) is 3.61. The number of hydrogen-bond donors (Lipinski definition) is 1. The minimum atomic E-state index is -0.157. The number of hydrazone groups is 1. The highest BCUT2D eigenvalue weighted by Gasteiger charge is 2.23. The van der Waals surface area contributed by atoms with E-state index in [9.17, 15) is 9.59 Å². The largest absolute Gasteiger partial charge is 0.296 e. The van der Waals surface area contributed by atoms with E-state index in [1.165, 1.54) is 12.8 Å². The van der Waals surface area contributed by atoms with Crippen LogP contribution in [0.25, 0.3) is 0 Å². The SMILES string of the molecule is CCC(=O)N/N=C(\C=O)CC1CC1. The fourth-order valence-corrected chi connectivity index (χ4v) is 0.951. The predicted octanol–water partition coefficient (Wildman–Crippen LogP) is 0.868. The number of amides is 1. The van der Waals surface area contributed by atoms with Crippen molar-refractivity contribution in [3.63, 3.8) is 0 Å². The summed E-state index contributed by atoms with van der Waals surface area (Å²) in [6.45, 7) is 1.74. The van der Waals surface area contributed by atoms with E-state index in [1.807, 2.05) is 0 Å². The lowest BCUT2D eigenvalue weighted by atomic mass is 10.2. The average Bonchev–Trinajstić information content (AvgIpc) is 2.95. The molecule has 0 spiro atoms. The van der Waals surface area contributed by atoms with Gasteiger partial charge in [0.15, 0.2) is 6.29 Å². The lowest BCUT2D eigenvalue weighted by molar-refractivity contribution is -0.120. The van der Waals surface area contributed by atoms with Crippen LogP contribution in [0.3, 0.4) is 0 Å². The van der Waals surface area contributed by atoms with Crippen LogP contribution in [0.1, 0.15) is 32.6 Å². The van der Waals surface area contributed by atoms with Crippen LogP contribution >= 0.6 is 0 Å². The van der Waals surface area contributed by atoms with Gasteiger partial charge in [0.25, 0.3) is 0 Å². The molecule has 1 aliphatic rings. The van der Waals surface area contributed by atoms with E-state index in [2.05, 4.69) is 10.5 Å². The Balaban J connectivity index is 2.34. The molecule has 1 saturated carbocycles. The van der Waals surface area contributed by atoms with Crippen molar-refractivity contribution < 1.29 is 9.59 Å². The highest BCUT2D eigenvalue weighted by molar-refractivity contribution is 6.28. The number of aldehydes is 1. The van der Waals surface area contributed by atoms with Crippen molar-refractivity contribution in [2.24, 2.45) is 11.0 Å². The van der Waals surface area contributed by atoms with E-state index in [4.69, 9.17) is 0 Å². The van der Waals surface area contributed by atoms with Crippen LogP contribution in [0.15, 0.2) is 5.10 Å². The average molecular weight is 182 g/mol. The molecule has 0 aromatic carbocycles. The Morgan fingerprint density at radius 2 is 2.31 bits per heavy atom. The molecule has 0 heterocycles. The molecule has 0 radical (unpaired) electrons. The second kappa shape index (κ2) is 4.74. The lowest BCUT2D eigenvalue weighted by Gasteiger charge is -1.98. The Bertz CT molecular complexity index is 232. The van der Waals surface area contributed by atoms with Gasteiger partial charge in [0.1, 0.15) is 5.71 Å². The van der Waals surface area contributed by atoms with Gasteiger partial charge in [0, 0.05) is 6.42 Å². The van der Waals surface area contributed by atoms with Crippen molar-refractivity contribution in [1.82, 2.24) is 5.43 Å². The number of carbonyl (C=O) groups is 2. The summed E-state index contributed by atoms with van der Waals surface area (Å²) < 4.78 is 0. The zero-order chi connectivity index (χ0) is 9.68. The van der Waals surface area contributed by atoms with Crippen molar-refractivity contribution in [1.29, 1.82) is 0 Å². The van der Waals surface area contributed by atoms with Gasteiger partial charge in [-0.3, -0.25) is 9.59 Å². The monoisotopic (exact) mass is 182 g/mol. The normalized spacial score (nSPS) is 16.8. The minimum Gasteiger partial charge on any atom is -0.296 e. The molecule has 1 amide bonds. The maximum atomic E-state index is 10.8. The number of nitrogens with one attached hydrogen (secondary N) is 1. The molecule has 0 aromatic heterocycles. The van der Waals surface area contributed by atoms with Crippen LogP contribution in [0.5, 0.6) is 0 Å². The van der Waals surface area contributed by atoms with Gasteiger partial charge in [-0.05, 0) is 25.2 Å². The van der Waals surface area contributed by atoms with Crippen LogP contribution in [0, 0.1) is 5.92 Å². The van der Waals surface area contributed by atoms with Gasteiger partial charge in [0.05, 0.1) is 0 Å². The maximum Gasteiger partial charge on any atom is 0.239 e. The first kappa shape index (κ1) is 9.89. The zero-order valence-corrected chi connectivity index (χ0v) is 7.75. The van der Waals surface area contributed by atoms with E-state index in [-0.39, 0.29) is 5.91 Å². The second-order valence-electron chi connectivity index (χ2n) is 3.26. The fourth-order valence-electron chi connectivity index (χ4n) is 0.951. The second-order valence-corrected chi connectivity index (χ2v) is 3.26. The molecule has 13 heavy (non-hydrogen) atoms. The number of rotatable bonds is 5. The summed E-state index contributed by atoms with van der Waals surface area (Å²) in [6.07, 6.45) is 4.16. The summed E-state index contributed by atoms with van der Waals surface area (Å²) in [5, 5.41) is 3.74. The van der Waals surface area contributed by atoms with Gasteiger partial charge in [-0.2, -0.15) is 5.10 Å². The predicted molar refractivity (Wildman–Crippen MR) is 49.3 cm³/mol. The molecule has 4 nitrogen and oxygen atoms in total. The van der Waals surface area contributed by atoms with E-state index < -0.39 is 0 Å². The van der Waals surface area contributed by atoms with Gasteiger partial charge >= 0.3 is 0 Å². The maximum absolute atomic E-state index is 10.8. The molecule has 1 rings (SSSR count). The zero-order valence-electron chi connectivity index (χ0n) is 7.75. The van der Waals surface area contributed by atoms with Crippen LogP contribution in [-0.2, 0) is 9.59 Å². The Labute approximate surface area is 77.4 Å². The van der Waals surface area contributed by atoms with E-state index >= 15 is 0 Å². The van der Waals surface area contributed by atoms with Crippen molar-refractivity contribution in [2.75, 3.05) is 0 Å². The Morgan fingerprint density at radius 1 is 1.62 bits per heavy atom. The van der Waals surface area contributed by atoms with Gasteiger partial charge < -0.3 is 0 Å². The summed E-state index contributed by atoms with van der Waals surface area (Å²) in [5.41, 5.74) is 2.78. The summed E-state index contributed by atoms with van der Waals surface area (Å²) in [5.74, 6) is 0.456. The fraction of sp³-hybridized carbons (Fsp3) is 0.667. The molecule has 1 fully saturated rings. The standard InChI is InChI=1S/C9H14N2O2/c1-2-9(13)11-10-8(6-12)5-7-3-4-7/h6-7H,2-5H2,1H3,(H,11,13)/b10-8-. The number of nitrogens with zero attached hydrogens (tertiary/aromatic N) is 1. The molecule has 1 N–H and O–H groups in total. The lowest BCUT2D eigenvalue weighted by Crippen LogP contribution is -2.19. The third-order valence-corrected chi connectivity index (χ3v) is 1.98. The molecule has 0 unspecified atom stereocenters. The molecular formula is C9H14N2O2. The quantitative estimate of drug-likeness (QED) is 0.389.